The van der Waals surface area contributed by atoms with Crippen molar-refractivity contribution in [3.63, 3.8) is 0 Å². The first kappa shape index (κ1) is 18.6. The zero-order valence-corrected chi connectivity index (χ0v) is 15.2. The summed E-state index contributed by atoms with van der Waals surface area (Å²) in [5.41, 5.74) is 1.48. The van der Waals surface area contributed by atoms with Crippen molar-refractivity contribution < 1.29 is 17.9 Å². The Morgan fingerprint density at radius 1 is 1.04 bits per heavy atom. The first-order chi connectivity index (χ1) is 12.6. The molecule has 6 nitrogen and oxygen atoms in total. The van der Waals surface area contributed by atoms with Gasteiger partial charge in [-0.25, -0.2) is 8.42 Å². The van der Waals surface area contributed by atoms with Crippen molar-refractivity contribution in [2.75, 3.05) is 32.8 Å². The van der Waals surface area contributed by atoms with E-state index in [4.69, 9.17) is 4.74 Å². The van der Waals surface area contributed by atoms with Crippen LogP contribution in [0.3, 0.4) is 0 Å². The summed E-state index contributed by atoms with van der Waals surface area (Å²) < 4.78 is 32.0. The van der Waals surface area contributed by atoms with Gasteiger partial charge in [0.05, 0.1) is 18.1 Å². The molecular formula is C19H22N2O4S. The molecule has 26 heavy (non-hydrogen) atoms. The van der Waals surface area contributed by atoms with Gasteiger partial charge in [0.1, 0.15) is 0 Å². The number of sulfonamides is 1. The molecule has 0 aromatic heterocycles. The van der Waals surface area contributed by atoms with Crippen molar-refractivity contribution in [2.24, 2.45) is 0 Å². The van der Waals surface area contributed by atoms with Gasteiger partial charge in [-0.05, 0) is 30.2 Å². The zero-order valence-electron chi connectivity index (χ0n) is 14.4. The summed E-state index contributed by atoms with van der Waals surface area (Å²) in [6.07, 6.45) is 0.721. The molecule has 0 radical (unpaired) electrons. The van der Waals surface area contributed by atoms with E-state index in [1.165, 1.54) is 16.4 Å². The van der Waals surface area contributed by atoms with Crippen LogP contribution in [0.4, 0.5) is 0 Å². The highest BCUT2D eigenvalue weighted by molar-refractivity contribution is 7.89. The van der Waals surface area contributed by atoms with E-state index in [1.807, 2.05) is 30.3 Å². The summed E-state index contributed by atoms with van der Waals surface area (Å²) >= 11 is 0. The molecule has 2 aromatic carbocycles. The van der Waals surface area contributed by atoms with Crippen LogP contribution in [0.15, 0.2) is 59.5 Å². The van der Waals surface area contributed by atoms with E-state index >= 15 is 0 Å². The Bertz CT molecular complexity index is 847. The fraction of sp³-hybridized carbons (Fsp3) is 0.316. The standard InChI is InChI=1S/C19H22N2O4S/c22-19(20-10-9-16-5-2-1-3-6-16)17-7-4-8-18(15-17)26(23,24)21-11-13-25-14-12-21/h1-8,15H,9-14H2,(H,20,22). The maximum atomic E-state index is 12.7. The zero-order chi connectivity index (χ0) is 18.4. The molecule has 2 aromatic rings. The second kappa shape index (κ2) is 8.44. The number of amides is 1. The highest BCUT2D eigenvalue weighted by atomic mass is 32.2. The molecule has 138 valence electrons. The fourth-order valence-electron chi connectivity index (χ4n) is 2.80. The second-order valence-corrected chi connectivity index (χ2v) is 7.97. The van der Waals surface area contributed by atoms with E-state index in [1.54, 1.807) is 12.1 Å². The van der Waals surface area contributed by atoms with E-state index in [0.29, 0.717) is 38.4 Å². The van der Waals surface area contributed by atoms with Gasteiger partial charge in [0.2, 0.25) is 10.0 Å². The largest absolute Gasteiger partial charge is 0.379 e. The van der Waals surface area contributed by atoms with Crippen LogP contribution in [0.5, 0.6) is 0 Å². The third kappa shape index (κ3) is 4.49. The number of rotatable bonds is 6. The first-order valence-corrected chi connectivity index (χ1v) is 10.0. The lowest BCUT2D eigenvalue weighted by molar-refractivity contribution is 0.0730. The van der Waals surface area contributed by atoms with Crippen LogP contribution in [-0.2, 0) is 21.2 Å². The third-order valence-corrected chi connectivity index (χ3v) is 6.14. The molecule has 3 rings (SSSR count). The highest BCUT2D eigenvalue weighted by Gasteiger charge is 2.26. The number of ether oxygens (including phenoxy) is 1. The quantitative estimate of drug-likeness (QED) is 0.835. The van der Waals surface area contributed by atoms with Crippen molar-refractivity contribution in [1.29, 1.82) is 0 Å². The lowest BCUT2D eigenvalue weighted by Gasteiger charge is -2.26. The van der Waals surface area contributed by atoms with Crippen LogP contribution in [0, 0.1) is 0 Å². The number of benzene rings is 2. The normalized spacial score (nSPS) is 15.5. The third-order valence-electron chi connectivity index (χ3n) is 4.25. The molecule has 1 aliphatic rings. The Balaban J connectivity index is 1.65. The predicted molar refractivity (Wildman–Crippen MR) is 98.5 cm³/mol. The highest BCUT2D eigenvalue weighted by Crippen LogP contribution is 2.18. The summed E-state index contributed by atoms with van der Waals surface area (Å²) in [6.45, 7) is 1.92. The molecule has 0 atom stereocenters. The van der Waals surface area contributed by atoms with Crippen molar-refractivity contribution >= 4 is 15.9 Å². The summed E-state index contributed by atoms with van der Waals surface area (Å²) in [5.74, 6) is -0.278. The monoisotopic (exact) mass is 374 g/mol. The predicted octanol–water partition coefficient (Wildman–Crippen LogP) is 1.68. The number of hydrogen-bond acceptors (Lipinski definition) is 4. The maximum Gasteiger partial charge on any atom is 0.251 e. The molecule has 7 heteroatoms. The number of hydrogen-bond donors (Lipinski definition) is 1. The summed E-state index contributed by atoms with van der Waals surface area (Å²) in [6, 6.07) is 16.0. The van der Waals surface area contributed by atoms with Crippen LogP contribution in [-0.4, -0.2) is 51.5 Å². The first-order valence-electron chi connectivity index (χ1n) is 8.57. The lowest BCUT2D eigenvalue weighted by Crippen LogP contribution is -2.40. The van der Waals surface area contributed by atoms with Crippen LogP contribution in [0.1, 0.15) is 15.9 Å². The van der Waals surface area contributed by atoms with E-state index in [0.717, 1.165) is 12.0 Å². The van der Waals surface area contributed by atoms with Gasteiger partial charge in [0, 0.05) is 25.2 Å². The van der Waals surface area contributed by atoms with Gasteiger partial charge in [0.25, 0.3) is 5.91 Å². The minimum absolute atomic E-state index is 0.134. The van der Waals surface area contributed by atoms with Crippen LogP contribution < -0.4 is 5.32 Å². The van der Waals surface area contributed by atoms with Crippen molar-refractivity contribution in [3.8, 4) is 0 Å². The molecule has 1 heterocycles. The molecule has 0 aliphatic carbocycles. The van der Waals surface area contributed by atoms with Crippen LogP contribution >= 0.6 is 0 Å². The van der Waals surface area contributed by atoms with Gasteiger partial charge in [-0.15, -0.1) is 0 Å². The Kier molecular flexibility index (Phi) is 6.03. The molecule has 0 spiro atoms. The summed E-state index contributed by atoms with van der Waals surface area (Å²) in [5, 5.41) is 2.84. The molecule has 0 unspecified atom stereocenters. The maximum absolute atomic E-state index is 12.7. The number of nitrogens with one attached hydrogen (secondary N) is 1. The number of carbonyl (C=O) groups excluding carboxylic acids is 1. The molecule has 1 aliphatic heterocycles. The SMILES string of the molecule is O=C(NCCc1ccccc1)c1cccc(S(=O)(=O)N2CCOCC2)c1. The van der Waals surface area contributed by atoms with Crippen LogP contribution in [0.2, 0.25) is 0 Å². The van der Waals surface area contributed by atoms with Crippen molar-refractivity contribution in [3.05, 3.63) is 65.7 Å². The fourth-order valence-corrected chi connectivity index (χ4v) is 4.26. The van der Waals surface area contributed by atoms with Gasteiger partial charge in [-0.2, -0.15) is 4.31 Å². The second-order valence-electron chi connectivity index (χ2n) is 6.04. The number of carbonyl (C=O) groups is 1. The van der Waals surface area contributed by atoms with Gasteiger partial charge in [0.15, 0.2) is 0 Å². The van der Waals surface area contributed by atoms with E-state index in [-0.39, 0.29) is 10.8 Å². The Labute approximate surface area is 153 Å². The minimum atomic E-state index is -3.61. The molecule has 1 N–H and O–H groups in total. The molecule has 1 amide bonds. The van der Waals surface area contributed by atoms with E-state index < -0.39 is 10.0 Å². The van der Waals surface area contributed by atoms with Gasteiger partial charge < -0.3 is 10.1 Å². The topological polar surface area (TPSA) is 75.7 Å². The minimum Gasteiger partial charge on any atom is -0.379 e. The average molecular weight is 374 g/mol. The number of morpholine rings is 1. The smallest absolute Gasteiger partial charge is 0.251 e. The van der Waals surface area contributed by atoms with Gasteiger partial charge in [-0.1, -0.05) is 36.4 Å². The Morgan fingerprint density at radius 3 is 2.50 bits per heavy atom. The van der Waals surface area contributed by atoms with E-state index in [2.05, 4.69) is 5.32 Å². The van der Waals surface area contributed by atoms with Crippen molar-refractivity contribution in [2.45, 2.75) is 11.3 Å². The molecule has 1 saturated heterocycles. The van der Waals surface area contributed by atoms with Gasteiger partial charge >= 0.3 is 0 Å². The van der Waals surface area contributed by atoms with Crippen LogP contribution in [0.25, 0.3) is 0 Å². The molecule has 0 bridgehead atoms. The Hall–Kier alpha value is -2.22. The summed E-state index contributed by atoms with van der Waals surface area (Å²) in [4.78, 5) is 12.5. The summed E-state index contributed by atoms with van der Waals surface area (Å²) in [7, 11) is -3.61. The average Bonchev–Trinajstić information content (AvgIpc) is 2.69. The number of nitrogens with zero attached hydrogens (tertiary/aromatic N) is 1. The molecule has 1 fully saturated rings. The Morgan fingerprint density at radius 2 is 1.77 bits per heavy atom. The van der Waals surface area contributed by atoms with E-state index in [9.17, 15) is 13.2 Å². The molecule has 0 saturated carbocycles. The molecular weight excluding hydrogens is 352 g/mol. The van der Waals surface area contributed by atoms with Crippen molar-refractivity contribution in [1.82, 2.24) is 9.62 Å². The lowest BCUT2D eigenvalue weighted by atomic mass is 10.1. The van der Waals surface area contributed by atoms with Gasteiger partial charge in [-0.3, -0.25) is 4.79 Å².